The van der Waals surface area contributed by atoms with E-state index in [1.165, 1.54) is 19.3 Å². The maximum Gasteiger partial charge on any atom is 0.317 e. The summed E-state index contributed by atoms with van der Waals surface area (Å²) in [5, 5.41) is 5.68. The molecule has 0 saturated heterocycles. The Labute approximate surface area is 175 Å². The molecule has 156 valence electrons. The highest BCUT2D eigenvalue weighted by molar-refractivity contribution is 5.93. The molecule has 3 aromatic rings. The van der Waals surface area contributed by atoms with E-state index in [2.05, 4.69) is 20.6 Å². The Hall–Kier alpha value is -3.35. The zero-order valence-electron chi connectivity index (χ0n) is 17.1. The van der Waals surface area contributed by atoms with Crippen LogP contribution in [0.3, 0.4) is 0 Å². The van der Waals surface area contributed by atoms with Crippen LogP contribution in [0.15, 0.2) is 48.5 Å². The Kier molecular flexibility index (Phi) is 5.97. The lowest BCUT2D eigenvalue weighted by Gasteiger charge is -2.22. The second-order valence-electron chi connectivity index (χ2n) is 7.85. The van der Waals surface area contributed by atoms with Crippen molar-refractivity contribution >= 4 is 28.7 Å². The van der Waals surface area contributed by atoms with E-state index in [1.54, 1.807) is 11.9 Å². The predicted molar refractivity (Wildman–Crippen MR) is 117 cm³/mol. The van der Waals surface area contributed by atoms with Crippen LogP contribution in [0.1, 0.15) is 43.0 Å². The lowest BCUT2D eigenvalue weighted by atomic mass is 9.85. The average Bonchev–Trinajstić information content (AvgIpc) is 3.09. The van der Waals surface area contributed by atoms with Gasteiger partial charge in [-0.25, -0.2) is 9.78 Å². The molecular weight excluding hydrogens is 378 g/mol. The molecule has 2 aromatic carbocycles. The van der Waals surface area contributed by atoms with Crippen LogP contribution in [0.25, 0.3) is 11.0 Å². The van der Waals surface area contributed by atoms with Crippen LogP contribution in [0, 0.1) is 0 Å². The fourth-order valence-electron chi connectivity index (χ4n) is 3.55. The number of fused-ring (bicyclic) bond motifs is 1. The molecule has 1 aromatic heterocycles. The van der Waals surface area contributed by atoms with E-state index in [-0.39, 0.29) is 24.9 Å². The second kappa shape index (κ2) is 8.98. The van der Waals surface area contributed by atoms with Crippen molar-refractivity contribution in [3.8, 4) is 0 Å². The van der Waals surface area contributed by atoms with Gasteiger partial charge in [-0.3, -0.25) is 4.79 Å². The normalized spacial score (nSPS) is 13.6. The van der Waals surface area contributed by atoms with Crippen molar-refractivity contribution in [1.29, 1.82) is 0 Å². The first-order valence-corrected chi connectivity index (χ1v) is 10.4. The standard InChI is InChI=1S/C23H27N5O2/c1-28(15-16-6-3-2-4-7-16)23(30)24-13-12-21(29)25-18-10-11-19-20(14-18)27-22(26-19)17-8-5-9-17/h2-4,6-7,10-11,14,17H,5,8-9,12-13,15H2,1H3,(H,24,30)(H,25,29)(H,26,27). The summed E-state index contributed by atoms with van der Waals surface area (Å²) in [6.45, 7) is 0.799. The summed E-state index contributed by atoms with van der Waals surface area (Å²) >= 11 is 0. The van der Waals surface area contributed by atoms with E-state index in [9.17, 15) is 9.59 Å². The van der Waals surface area contributed by atoms with Crippen molar-refractivity contribution < 1.29 is 9.59 Å². The van der Waals surface area contributed by atoms with Crippen LogP contribution >= 0.6 is 0 Å². The number of hydrogen-bond donors (Lipinski definition) is 3. The van der Waals surface area contributed by atoms with Gasteiger partial charge in [0.1, 0.15) is 5.82 Å². The van der Waals surface area contributed by atoms with Gasteiger partial charge in [0.15, 0.2) is 0 Å². The second-order valence-corrected chi connectivity index (χ2v) is 7.85. The van der Waals surface area contributed by atoms with E-state index >= 15 is 0 Å². The molecule has 3 N–H and O–H groups in total. The maximum absolute atomic E-state index is 12.3. The maximum atomic E-state index is 12.3. The Morgan fingerprint density at radius 2 is 1.97 bits per heavy atom. The highest BCUT2D eigenvalue weighted by Gasteiger charge is 2.22. The van der Waals surface area contributed by atoms with Crippen LogP contribution in [0.4, 0.5) is 10.5 Å². The third-order valence-electron chi connectivity index (χ3n) is 5.51. The smallest absolute Gasteiger partial charge is 0.317 e. The van der Waals surface area contributed by atoms with Crippen molar-refractivity contribution in [3.63, 3.8) is 0 Å². The minimum absolute atomic E-state index is 0.140. The van der Waals surface area contributed by atoms with Gasteiger partial charge in [-0.1, -0.05) is 36.8 Å². The summed E-state index contributed by atoms with van der Waals surface area (Å²) in [6.07, 6.45) is 3.85. The Balaban J connectivity index is 1.23. The number of carbonyl (C=O) groups excluding carboxylic acids is 2. The van der Waals surface area contributed by atoms with Crippen molar-refractivity contribution in [1.82, 2.24) is 20.2 Å². The molecule has 3 amide bonds. The molecule has 4 rings (SSSR count). The summed E-state index contributed by atoms with van der Waals surface area (Å²) in [5.41, 5.74) is 3.64. The first-order chi connectivity index (χ1) is 14.6. The molecule has 1 fully saturated rings. The lowest BCUT2D eigenvalue weighted by molar-refractivity contribution is -0.116. The van der Waals surface area contributed by atoms with Gasteiger partial charge in [0.2, 0.25) is 5.91 Å². The molecule has 0 bridgehead atoms. The van der Waals surface area contributed by atoms with E-state index < -0.39 is 0 Å². The molecule has 1 aliphatic rings. The SMILES string of the molecule is CN(Cc1ccccc1)C(=O)NCCC(=O)Nc1ccc2nc(C3CCC3)[nH]c2c1. The van der Waals surface area contributed by atoms with Gasteiger partial charge in [0, 0.05) is 38.2 Å². The molecule has 7 nitrogen and oxygen atoms in total. The van der Waals surface area contributed by atoms with E-state index in [4.69, 9.17) is 0 Å². The molecule has 30 heavy (non-hydrogen) atoms. The first kappa shape index (κ1) is 19.9. The number of benzene rings is 2. The van der Waals surface area contributed by atoms with Gasteiger partial charge >= 0.3 is 6.03 Å². The molecule has 1 saturated carbocycles. The number of nitrogens with zero attached hydrogens (tertiary/aromatic N) is 2. The molecule has 1 aliphatic carbocycles. The van der Waals surface area contributed by atoms with Crippen LogP contribution in [0.2, 0.25) is 0 Å². The Morgan fingerprint density at radius 1 is 1.17 bits per heavy atom. The number of rotatable bonds is 7. The fraction of sp³-hybridized carbons (Fsp3) is 0.348. The summed E-state index contributed by atoms with van der Waals surface area (Å²) in [6, 6.07) is 15.3. The van der Waals surface area contributed by atoms with Gasteiger partial charge in [-0.15, -0.1) is 0 Å². The van der Waals surface area contributed by atoms with Gasteiger partial charge in [-0.2, -0.15) is 0 Å². The van der Waals surface area contributed by atoms with E-state index in [0.717, 1.165) is 28.1 Å². The third-order valence-corrected chi connectivity index (χ3v) is 5.51. The quantitative estimate of drug-likeness (QED) is 0.555. The number of nitrogens with one attached hydrogen (secondary N) is 3. The number of hydrogen-bond acceptors (Lipinski definition) is 3. The summed E-state index contributed by atoms with van der Waals surface area (Å²) in [4.78, 5) is 34.1. The topological polar surface area (TPSA) is 90.1 Å². The summed E-state index contributed by atoms with van der Waals surface area (Å²) < 4.78 is 0. The zero-order chi connectivity index (χ0) is 20.9. The van der Waals surface area contributed by atoms with Crippen molar-refractivity contribution in [2.75, 3.05) is 18.9 Å². The molecule has 0 radical (unpaired) electrons. The molecule has 7 heteroatoms. The van der Waals surface area contributed by atoms with Crippen LogP contribution in [-0.4, -0.2) is 40.4 Å². The van der Waals surface area contributed by atoms with E-state index in [1.807, 2.05) is 48.5 Å². The largest absolute Gasteiger partial charge is 0.342 e. The minimum atomic E-state index is -0.200. The summed E-state index contributed by atoms with van der Waals surface area (Å²) in [5.74, 6) is 1.44. The zero-order valence-corrected chi connectivity index (χ0v) is 17.1. The van der Waals surface area contributed by atoms with Crippen LogP contribution in [-0.2, 0) is 11.3 Å². The van der Waals surface area contributed by atoms with Gasteiger partial charge < -0.3 is 20.5 Å². The Morgan fingerprint density at radius 3 is 2.70 bits per heavy atom. The number of carbonyl (C=O) groups is 2. The highest BCUT2D eigenvalue weighted by Crippen LogP contribution is 2.35. The Bertz CT molecular complexity index is 1030. The molecule has 1 heterocycles. The molecule has 0 atom stereocenters. The predicted octanol–water partition coefficient (Wildman–Crippen LogP) is 4.00. The lowest BCUT2D eigenvalue weighted by Crippen LogP contribution is -2.38. The fourth-order valence-corrected chi connectivity index (χ4v) is 3.55. The van der Waals surface area contributed by atoms with Gasteiger partial charge in [0.25, 0.3) is 0 Å². The molecule has 0 spiro atoms. The van der Waals surface area contributed by atoms with Gasteiger partial charge in [-0.05, 0) is 36.6 Å². The minimum Gasteiger partial charge on any atom is -0.342 e. The average molecular weight is 406 g/mol. The first-order valence-electron chi connectivity index (χ1n) is 10.4. The molecule has 0 unspecified atom stereocenters. The number of H-pyrrole nitrogens is 1. The van der Waals surface area contributed by atoms with E-state index in [0.29, 0.717) is 12.5 Å². The number of aromatic nitrogens is 2. The van der Waals surface area contributed by atoms with Gasteiger partial charge in [0.05, 0.1) is 11.0 Å². The highest BCUT2D eigenvalue weighted by atomic mass is 16.2. The number of imidazole rings is 1. The van der Waals surface area contributed by atoms with Crippen molar-refractivity contribution in [2.45, 2.75) is 38.1 Å². The molecule has 0 aliphatic heterocycles. The van der Waals surface area contributed by atoms with Crippen molar-refractivity contribution in [2.24, 2.45) is 0 Å². The summed E-state index contributed by atoms with van der Waals surface area (Å²) in [7, 11) is 1.74. The number of aromatic amines is 1. The number of urea groups is 1. The van der Waals surface area contributed by atoms with Crippen LogP contribution < -0.4 is 10.6 Å². The molecular formula is C23H27N5O2. The number of anilines is 1. The monoisotopic (exact) mass is 405 g/mol. The third kappa shape index (κ3) is 4.79. The van der Waals surface area contributed by atoms with Crippen LogP contribution in [0.5, 0.6) is 0 Å². The van der Waals surface area contributed by atoms with Crippen molar-refractivity contribution in [3.05, 3.63) is 59.9 Å². The number of amides is 3.